The maximum Gasteiger partial charge on any atom is 0.344 e. The van der Waals surface area contributed by atoms with Crippen molar-refractivity contribution in [3.05, 3.63) is 34.4 Å². The first-order valence-corrected chi connectivity index (χ1v) is 6.75. The Bertz CT molecular complexity index is 546. The van der Waals surface area contributed by atoms with Crippen molar-refractivity contribution in [1.29, 1.82) is 0 Å². The van der Waals surface area contributed by atoms with Gasteiger partial charge in [-0.05, 0) is 19.4 Å². The minimum atomic E-state index is -0.780. The van der Waals surface area contributed by atoms with E-state index in [4.69, 9.17) is 9.47 Å². The fourth-order valence-electron chi connectivity index (χ4n) is 1.47. The molecule has 1 N–H and O–H groups in total. The minimum absolute atomic E-state index is 0.00517. The van der Waals surface area contributed by atoms with E-state index in [-0.39, 0.29) is 17.5 Å². The van der Waals surface area contributed by atoms with E-state index < -0.39 is 30.0 Å². The standard InChI is InChI=1S/C14H18N2O6/c1-3-10(2)15-13(17)8-22-14(18)9-21-12-7-5-4-6-11(12)16(19)20/h4-7,10H,3,8-9H2,1-2H3,(H,15,17)/t10-/m0/s1. The third kappa shape index (κ3) is 5.78. The second-order valence-corrected chi connectivity index (χ2v) is 4.55. The van der Waals surface area contributed by atoms with Crippen LogP contribution in [0.3, 0.4) is 0 Å². The van der Waals surface area contributed by atoms with Crippen molar-refractivity contribution in [3.63, 3.8) is 0 Å². The van der Waals surface area contributed by atoms with Gasteiger partial charge in [0.25, 0.3) is 5.91 Å². The fraction of sp³-hybridized carbons (Fsp3) is 0.429. The van der Waals surface area contributed by atoms with Crippen molar-refractivity contribution in [3.8, 4) is 5.75 Å². The van der Waals surface area contributed by atoms with E-state index in [0.717, 1.165) is 6.42 Å². The summed E-state index contributed by atoms with van der Waals surface area (Å²) in [6.07, 6.45) is 0.764. The second-order valence-electron chi connectivity index (χ2n) is 4.55. The van der Waals surface area contributed by atoms with Crippen LogP contribution in [-0.4, -0.2) is 36.1 Å². The van der Waals surface area contributed by atoms with E-state index in [9.17, 15) is 19.7 Å². The van der Waals surface area contributed by atoms with Gasteiger partial charge in [0.1, 0.15) is 0 Å². The number of esters is 1. The van der Waals surface area contributed by atoms with E-state index in [1.54, 1.807) is 6.07 Å². The lowest BCUT2D eigenvalue weighted by atomic mass is 10.2. The van der Waals surface area contributed by atoms with Crippen LogP contribution in [0.25, 0.3) is 0 Å². The van der Waals surface area contributed by atoms with Crippen LogP contribution < -0.4 is 10.1 Å². The number of carbonyl (C=O) groups excluding carboxylic acids is 2. The highest BCUT2D eigenvalue weighted by Gasteiger charge is 2.16. The molecule has 1 amide bonds. The van der Waals surface area contributed by atoms with Crippen LogP contribution in [0.1, 0.15) is 20.3 Å². The number of hydrogen-bond donors (Lipinski definition) is 1. The molecule has 1 rings (SSSR count). The zero-order valence-electron chi connectivity index (χ0n) is 12.4. The predicted molar refractivity (Wildman–Crippen MR) is 77.4 cm³/mol. The first-order valence-electron chi connectivity index (χ1n) is 6.75. The molecular formula is C14H18N2O6. The van der Waals surface area contributed by atoms with Gasteiger partial charge in [-0.3, -0.25) is 14.9 Å². The zero-order valence-corrected chi connectivity index (χ0v) is 12.4. The lowest BCUT2D eigenvalue weighted by Crippen LogP contribution is -2.35. The molecule has 0 radical (unpaired) electrons. The molecule has 0 bridgehead atoms. The second kappa shape index (κ2) is 8.60. The molecule has 1 atom stereocenters. The third-order valence-corrected chi connectivity index (χ3v) is 2.79. The Labute approximate surface area is 127 Å². The Balaban J connectivity index is 2.41. The van der Waals surface area contributed by atoms with Gasteiger partial charge >= 0.3 is 11.7 Å². The van der Waals surface area contributed by atoms with Crippen LogP contribution in [0.2, 0.25) is 0 Å². The van der Waals surface area contributed by atoms with Crippen molar-refractivity contribution in [2.24, 2.45) is 0 Å². The average Bonchev–Trinajstić information content (AvgIpc) is 2.50. The van der Waals surface area contributed by atoms with Gasteiger partial charge in [-0.1, -0.05) is 19.1 Å². The molecule has 0 spiro atoms. The highest BCUT2D eigenvalue weighted by atomic mass is 16.6. The average molecular weight is 310 g/mol. The number of nitrogens with zero attached hydrogens (tertiary/aromatic N) is 1. The normalized spacial score (nSPS) is 11.4. The predicted octanol–water partition coefficient (Wildman–Crippen LogP) is 1.43. The van der Waals surface area contributed by atoms with Gasteiger partial charge in [-0.2, -0.15) is 0 Å². The number of rotatable bonds is 8. The number of nitro benzene ring substituents is 1. The Morgan fingerprint density at radius 1 is 1.32 bits per heavy atom. The van der Waals surface area contributed by atoms with Crippen molar-refractivity contribution < 1.29 is 24.0 Å². The molecule has 1 aromatic carbocycles. The maximum atomic E-state index is 11.5. The van der Waals surface area contributed by atoms with Gasteiger partial charge in [0, 0.05) is 12.1 Å². The summed E-state index contributed by atoms with van der Waals surface area (Å²) in [6.45, 7) is 2.82. The van der Waals surface area contributed by atoms with Gasteiger partial charge in [-0.25, -0.2) is 4.79 Å². The molecule has 1 aromatic rings. The molecule has 8 nitrogen and oxygen atoms in total. The number of ether oxygens (including phenoxy) is 2. The fourth-order valence-corrected chi connectivity index (χ4v) is 1.47. The van der Waals surface area contributed by atoms with Gasteiger partial charge in [-0.15, -0.1) is 0 Å². The largest absolute Gasteiger partial charge is 0.475 e. The number of amides is 1. The minimum Gasteiger partial charge on any atom is -0.475 e. The van der Waals surface area contributed by atoms with Gasteiger partial charge in [0.05, 0.1) is 4.92 Å². The Hall–Kier alpha value is -2.64. The molecule has 0 fully saturated rings. The van der Waals surface area contributed by atoms with Crippen LogP contribution in [0, 0.1) is 10.1 Å². The summed E-state index contributed by atoms with van der Waals surface area (Å²) in [5, 5.41) is 13.4. The SMILES string of the molecule is CC[C@H](C)NC(=O)COC(=O)COc1ccccc1[N+](=O)[O-]. The molecule has 0 aliphatic carbocycles. The van der Waals surface area contributed by atoms with Crippen LogP contribution in [0.4, 0.5) is 5.69 Å². The van der Waals surface area contributed by atoms with E-state index in [1.165, 1.54) is 18.2 Å². The lowest BCUT2D eigenvalue weighted by molar-refractivity contribution is -0.385. The summed E-state index contributed by atoms with van der Waals surface area (Å²) in [5.41, 5.74) is -0.246. The number of nitro groups is 1. The van der Waals surface area contributed by atoms with Crippen molar-refractivity contribution in [2.45, 2.75) is 26.3 Å². The Morgan fingerprint density at radius 2 is 2.00 bits per heavy atom. The first-order chi connectivity index (χ1) is 10.4. The molecule has 0 heterocycles. The molecule has 0 aliphatic rings. The van der Waals surface area contributed by atoms with E-state index in [2.05, 4.69) is 5.32 Å². The molecule has 0 aliphatic heterocycles. The quantitative estimate of drug-likeness (QED) is 0.442. The number of benzene rings is 1. The number of para-hydroxylation sites is 2. The van der Waals surface area contributed by atoms with Crippen LogP contribution in [-0.2, 0) is 14.3 Å². The topological polar surface area (TPSA) is 108 Å². The molecule has 0 saturated carbocycles. The molecule has 0 aromatic heterocycles. The summed E-state index contributed by atoms with van der Waals surface area (Å²) >= 11 is 0. The van der Waals surface area contributed by atoms with Crippen LogP contribution in [0.15, 0.2) is 24.3 Å². The van der Waals surface area contributed by atoms with Crippen LogP contribution >= 0.6 is 0 Å². The van der Waals surface area contributed by atoms with Gasteiger partial charge in [0.15, 0.2) is 19.0 Å². The van der Waals surface area contributed by atoms with Crippen LogP contribution in [0.5, 0.6) is 5.75 Å². The highest BCUT2D eigenvalue weighted by molar-refractivity contribution is 5.81. The Morgan fingerprint density at radius 3 is 2.64 bits per heavy atom. The zero-order chi connectivity index (χ0) is 16.5. The summed E-state index contributed by atoms with van der Waals surface area (Å²) in [7, 11) is 0. The number of nitrogens with one attached hydrogen (secondary N) is 1. The maximum absolute atomic E-state index is 11.5. The molecule has 0 unspecified atom stereocenters. The van der Waals surface area contributed by atoms with Crippen molar-refractivity contribution >= 4 is 17.6 Å². The number of carbonyl (C=O) groups is 2. The van der Waals surface area contributed by atoms with Crippen molar-refractivity contribution in [2.75, 3.05) is 13.2 Å². The first kappa shape index (κ1) is 17.4. The molecule has 120 valence electrons. The summed E-state index contributed by atoms with van der Waals surface area (Å²) < 4.78 is 9.77. The van der Waals surface area contributed by atoms with E-state index in [1.807, 2.05) is 13.8 Å². The summed E-state index contributed by atoms with van der Waals surface area (Å²) in [6, 6.07) is 5.67. The van der Waals surface area contributed by atoms with Crippen molar-refractivity contribution in [1.82, 2.24) is 5.32 Å². The van der Waals surface area contributed by atoms with E-state index >= 15 is 0 Å². The summed E-state index contributed by atoms with van der Waals surface area (Å²) in [5.74, 6) is -1.22. The van der Waals surface area contributed by atoms with Gasteiger partial charge in [0.2, 0.25) is 0 Å². The monoisotopic (exact) mass is 310 g/mol. The van der Waals surface area contributed by atoms with Gasteiger partial charge < -0.3 is 14.8 Å². The smallest absolute Gasteiger partial charge is 0.344 e. The lowest BCUT2D eigenvalue weighted by Gasteiger charge is -2.11. The molecule has 8 heteroatoms. The third-order valence-electron chi connectivity index (χ3n) is 2.79. The van der Waals surface area contributed by atoms with E-state index in [0.29, 0.717) is 0 Å². The molecule has 22 heavy (non-hydrogen) atoms. The number of hydrogen-bond acceptors (Lipinski definition) is 6. The summed E-state index contributed by atoms with van der Waals surface area (Å²) in [4.78, 5) is 33.0. The molecule has 0 saturated heterocycles. The molecular weight excluding hydrogens is 292 g/mol. The highest BCUT2D eigenvalue weighted by Crippen LogP contribution is 2.25. The Kier molecular flexibility index (Phi) is 6.81.